The third-order valence-electron chi connectivity index (χ3n) is 2.63. The lowest BCUT2D eigenvalue weighted by atomic mass is 10.1. The van der Waals surface area contributed by atoms with Gasteiger partial charge in [0, 0.05) is 11.4 Å². The van der Waals surface area contributed by atoms with E-state index in [0.29, 0.717) is 17.1 Å². The molecule has 0 bridgehead atoms. The molecular formula is C11H13N3O2S2. The van der Waals surface area contributed by atoms with Gasteiger partial charge < -0.3 is 5.32 Å². The van der Waals surface area contributed by atoms with Crippen molar-refractivity contribution in [1.82, 2.24) is 5.32 Å². The number of anilines is 1. The Morgan fingerprint density at radius 2 is 2.39 bits per heavy atom. The first-order chi connectivity index (χ1) is 8.57. The van der Waals surface area contributed by atoms with E-state index in [9.17, 15) is 13.7 Å². The molecule has 0 atom stereocenters. The molecule has 18 heavy (non-hydrogen) atoms. The zero-order chi connectivity index (χ0) is 13.2. The molecule has 0 radical (unpaired) electrons. The number of hydrogen-bond donors (Lipinski definition) is 2. The summed E-state index contributed by atoms with van der Waals surface area (Å²) >= 11 is 1.33. The van der Waals surface area contributed by atoms with Crippen LogP contribution in [0.2, 0.25) is 0 Å². The van der Waals surface area contributed by atoms with Crippen LogP contribution >= 0.6 is 11.3 Å². The van der Waals surface area contributed by atoms with Crippen molar-refractivity contribution in [2.24, 2.45) is 0 Å². The maximum atomic E-state index is 11.7. The van der Waals surface area contributed by atoms with Crippen LogP contribution in [0.5, 0.6) is 0 Å². The summed E-state index contributed by atoms with van der Waals surface area (Å²) in [6, 6.07) is 2.10. The van der Waals surface area contributed by atoms with Crippen molar-refractivity contribution in [2.75, 3.05) is 17.0 Å². The van der Waals surface area contributed by atoms with Crippen molar-refractivity contribution in [3.05, 3.63) is 28.7 Å². The molecule has 1 aliphatic heterocycles. The van der Waals surface area contributed by atoms with Gasteiger partial charge in [0.25, 0.3) is 0 Å². The zero-order valence-electron chi connectivity index (χ0n) is 9.69. The Hall–Kier alpha value is -1.36. The third-order valence-corrected chi connectivity index (χ3v) is 5.09. The summed E-state index contributed by atoms with van der Waals surface area (Å²) in [5.41, 5.74) is 1.43. The molecule has 2 rings (SSSR count). The summed E-state index contributed by atoms with van der Waals surface area (Å²) in [7, 11) is -3.45. The van der Waals surface area contributed by atoms with Gasteiger partial charge in [-0.15, -0.1) is 17.9 Å². The maximum Gasteiger partial charge on any atom is 0.236 e. The van der Waals surface area contributed by atoms with E-state index in [2.05, 4.69) is 22.7 Å². The largest absolute Gasteiger partial charge is 0.312 e. The molecule has 0 unspecified atom stereocenters. The van der Waals surface area contributed by atoms with E-state index in [0.717, 1.165) is 23.4 Å². The highest BCUT2D eigenvalue weighted by molar-refractivity contribution is 7.93. The van der Waals surface area contributed by atoms with E-state index in [1.54, 1.807) is 0 Å². The van der Waals surface area contributed by atoms with Crippen molar-refractivity contribution in [2.45, 2.75) is 13.0 Å². The van der Waals surface area contributed by atoms with Crippen LogP contribution in [0.1, 0.15) is 16.0 Å². The van der Waals surface area contributed by atoms with Crippen molar-refractivity contribution in [3.8, 4) is 6.07 Å². The number of nitrogens with zero attached hydrogens (tertiary/aromatic N) is 1. The van der Waals surface area contributed by atoms with Gasteiger partial charge in [-0.3, -0.25) is 4.72 Å². The Bertz CT molecular complexity index is 611. The molecule has 1 aromatic rings. The number of nitriles is 1. The summed E-state index contributed by atoms with van der Waals surface area (Å²) in [5.74, 6) is -0.154. The van der Waals surface area contributed by atoms with E-state index >= 15 is 0 Å². The molecule has 0 saturated heterocycles. The van der Waals surface area contributed by atoms with Gasteiger partial charge in [0.05, 0.1) is 11.3 Å². The number of hydrogen-bond acceptors (Lipinski definition) is 5. The average Bonchev–Trinajstić information content (AvgIpc) is 2.64. The SMILES string of the molecule is C=CCS(=O)(=O)Nc1sc2c(c1C#N)CCNC2. The highest BCUT2D eigenvalue weighted by atomic mass is 32.2. The number of fused-ring (bicyclic) bond motifs is 1. The first-order valence-corrected chi connectivity index (χ1v) is 7.91. The van der Waals surface area contributed by atoms with Gasteiger partial charge in [-0.1, -0.05) is 6.08 Å². The molecule has 7 heteroatoms. The minimum absolute atomic E-state index is 0.154. The molecule has 1 aliphatic rings. The molecular weight excluding hydrogens is 270 g/mol. The summed E-state index contributed by atoms with van der Waals surface area (Å²) in [4.78, 5) is 1.04. The maximum absolute atomic E-state index is 11.7. The van der Waals surface area contributed by atoms with Crippen LogP contribution in [-0.4, -0.2) is 20.7 Å². The fourth-order valence-electron chi connectivity index (χ4n) is 1.86. The molecule has 0 saturated carbocycles. The van der Waals surface area contributed by atoms with Gasteiger partial charge >= 0.3 is 0 Å². The van der Waals surface area contributed by atoms with Gasteiger partial charge in [0.1, 0.15) is 11.1 Å². The van der Waals surface area contributed by atoms with E-state index in [1.807, 2.05) is 0 Å². The molecule has 0 spiro atoms. The zero-order valence-corrected chi connectivity index (χ0v) is 11.3. The molecule has 0 fully saturated rings. The summed E-state index contributed by atoms with van der Waals surface area (Å²) in [6.07, 6.45) is 2.08. The molecule has 5 nitrogen and oxygen atoms in total. The van der Waals surface area contributed by atoms with E-state index in [1.165, 1.54) is 17.4 Å². The predicted octanol–water partition coefficient (Wildman–Crippen LogP) is 1.19. The fourth-order valence-corrected chi connectivity index (χ4v) is 4.21. The van der Waals surface area contributed by atoms with Gasteiger partial charge in [-0.25, -0.2) is 8.42 Å². The smallest absolute Gasteiger partial charge is 0.236 e. The lowest BCUT2D eigenvalue weighted by Crippen LogP contribution is -2.22. The summed E-state index contributed by atoms with van der Waals surface area (Å²) < 4.78 is 25.8. The monoisotopic (exact) mass is 283 g/mol. The van der Waals surface area contributed by atoms with Crippen LogP contribution in [0, 0.1) is 11.3 Å². The second-order valence-electron chi connectivity index (χ2n) is 3.92. The summed E-state index contributed by atoms with van der Waals surface area (Å²) in [6.45, 7) is 4.91. The Balaban J connectivity index is 2.37. The first-order valence-electron chi connectivity index (χ1n) is 5.44. The second kappa shape index (κ2) is 5.10. The number of thiophene rings is 1. The van der Waals surface area contributed by atoms with Crippen molar-refractivity contribution in [1.29, 1.82) is 5.26 Å². The Morgan fingerprint density at radius 3 is 3.06 bits per heavy atom. The lowest BCUT2D eigenvalue weighted by Gasteiger charge is -2.11. The minimum atomic E-state index is -3.45. The van der Waals surface area contributed by atoms with Crippen LogP contribution in [0.3, 0.4) is 0 Å². The number of nitrogens with one attached hydrogen (secondary N) is 2. The third kappa shape index (κ3) is 2.56. The van der Waals surface area contributed by atoms with E-state index in [-0.39, 0.29) is 5.75 Å². The van der Waals surface area contributed by atoms with E-state index in [4.69, 9.17) is 0 Å². The molecule has 0 aliphatic carbocycles. The topological polar surface area (TPSA) is 82.0 Å². The highest BCUT2D eigenvalue weighted by Gasteiger charge is 2.22. The van der Waals surface area contributed by atoms with Crippen LogP contribution in [0.15, 0.2) is 12.7 Å². The molecule has 96 valence electrons. The first kappa shape index (κ1) is 13.1. The fraction of sp³-hybridized carbons (Fsp3) is 0.364. The second-order valence-corrected chi connectivity index (χ2v) is 6.79. The van der Waals surface area contributed by atoms with Crippen molar-refractivity contribution in [3.63, 3.8) is 0 Å². The van der Waals surface area contributed by atoms with Crippen molar-refractivity contribution < 1.29 is 8.42 Å². The van der Waals surface area contributed by atoms with Crippen LogP contribution in [0.25, 0.3) is 0 Å². The van der Waals surface area contributed by atoms with Crippen LogP contribution in [0.4, 0.5) is 5.00 Å². The highest BCUT2D eigenvalue weighted by Crippen LogP contribution is 2.35. The summed E-state index contributed by atoms with van der Waals surface area (Å²) in [5, 5.41) is 12.8. The normalized spacial score (nSPS) is 14.6. The Labute approximate surface area is 110 Å². The molecule has 1 aromatic heterocycles. The Kier molecular flexibility index (Phi) is 3.71. The molecule has 0 amide bonds. The predicted molar refractivity (Wildman–Crippen MR) is 72.1 cm³/mol. The minimum Gasteiger partial charge on any atom is -0.312 e. The molecule has 2 heterocycles. The quantitative estimate of drug-likeness (QED) is 0.813. The average molecular weight is 283 g/mol. The molecule has 2 N–H and O–H groups in total. The van der Waals surface area contributed by atoms with Crippen LogP contribution < -0.4 is 10.0 Å². The van der Waals surface area contributed by atoms with Crippen LogP contribution in [-0.2, 0) is 23.0 Å². The van der Waals surface area contributed by atoms with Gasteiger partial charge in [0.2, 0.25) is 10.0 Å². The Morgan fingerprint density at radius 1 is 1.61 bits per heavy atom. The number of sulfonamides is 1. The van der Waals surface area contributed by atoms with E-state index < -0.39 is 10.0 Å². The van der Waals surface area contributed by atoms with Gasteiger partial charge in [-0.05, 0) is 18.5 Å². The van der Waals surface area contributed by atoms with Crippen molar-refractivity contribution >= 4 is 26.4 Å². The number of rotatable bonds is 4. The lowest BCUT2D eigenvalue weighted by molar-refractivity contribution is 0.604. The standard InChI is InChI=1S/C11H13N3O2S2/c1-2-5-18(15,16)14-11-9(6-12)8-3-4-13-7-10(8)17-11/h2,13-14H,1,3-5,7H2. The van der Waals surface area contributed by atoms with Gasteiger partial charge in [0.15, 0.2) is 0 Å². The molecule has 0 aromatic carbocycles. The van der Waals surface area contributed by atoms with Gasteiger partial charge in [-0.2, -0.15) is 5.26 Å².